The van der Waals surface area contributed by atoms with E-state index < -0.39 is 0 Å². The number of benzene rings is 2. The van der Waals surface area contributed by atoms with Gasteiger partial charge in [0, 0.05) is 34.8 Å². The van der Waals surface area contributed by atoms with Gasteiger partial charge in [0.1, 0.15) is 0 Å². The van der Waals surface area contributed by atoms with Gasteiger partial charge in [-0.3, -0.25) is 4.79 Å². The summed E-state index contributed by atoms with van der Waals surface area (Å²) in [5, 5.41) is 6.31. The summed E-state index contributed by atoms with van der Waals surface area (Å²) >= 11 is 1.60. The summed E-state index contributed by atoms with van der Waals surface area (Å²) in [7, 11) is 0. The second-order valence-electron chi connectivity index (χ2n) is 6.89. The third kappa shape index (κ3) is 2.88. The standard InChI is InChI=1S/C21H19N3OS/c25-20(14-6-7-14)24-11-10-16-12-15(8-9-19(16)24)18-13-26-21(23-18)22-17-4-2-1-3-5-17/h1-5,8-9,12-14H,6-7,10-11H2,(H,22,23). The molecule has 1 aliphatic heterocycles. The Bertz CT molecular complexity index is 962. The average molecular weight is 361 g/mol. The zero-order valence-corrected chi connectivity index (χ0v) is 15.1. The number of carbonyl (C=O) groups excluding carboxylic acids is 1. The predicted molar refractivity (Wildman–Crippen MR) is 106 cm³/mol. The van der Waals surface area contributed by atoms with Gasteiger partial charge in [-0.2, -0.15) is 0 Å². The fraction of sp³-hybridized carbons (Fsp3) is 0.238. The molecule has 2 heterocycles. The van der Waals surface area contributed by atoms with Crippen LogP contribution in [0.25, 0.3) is 11.3 Å². The number of nitrogens with zero attached hydrogens (tertiary/aromatic N) is 2. The topological polar surface area (TPSA) is 45.2 Å². The highest BCUT2D eigenvalue weighted by Crippen LogP contribution is 2.38. The molecule has 0 saturated heterocycles. The number of nitrogens with one attached hydrogen (secondary N) is 1. The summed E-state index contributed by atoms with van der Waals surface area (Å²) in [6.07, 6.45) is 3.04. The molecule has 3 aromatic rings. The van der Waals surface area contributed by atoms with Crippen LogP contribution in [0.3, 0.4) is 0 Å². The first-order valence-electron chi connectivity index (χ1n) is 9.00. The number of thiazole rings is 1. The van der Waals surface area contributed by atoms with Crippen LogP contribution >= 0.6 is 11.3 Å². The lowest BCUT2D eigenvalue weighted by atomic mass is 10.1. The van der Waals surface area contributed by atoms with E-state index in [9.17, 15) is 4.79 Å². The van der Waals surface area contributed by atoms with Gasteiger partial charge in [0.15, 0.2) is 5.13 Å². The highest BCUT2D eigenvalue weighted by molar-refractivity contribution is 7.14. The van der Waals surface area contributed by atoms with E-state index in [0.29, 0.717) is 5.91 Å². The summed E-state index contributed by atoms with van der Waals surface area (Å²) in [4.78, 5) is 19.1. The molecule has 1 amide bonds. The molecule has 130 valence electrons. The predicted octanol–water partition coefficient (Wildman–Crippen LogP) is 4.85. The van der Waals surface area contributed by atoms with Crippen molar-refractivity contribution in [1.29, 1.82) is 0 Å². The van der Waals surface area contributed by atoms with E-state index in [4.69, 9.17) is 4.98 Å². The zero-order chi connectivity index (χ0) is 17.5. The summed E-state index contributed by atoms with van der Waals surface area (Å²) in [6.45, 7) is 0.812. The molecular formula is C21H19N3OS. The highest BCUT2D eigenvalue weighted by Gasteiger charge is 2.36. The molecule has 1 saturated carbocycles. The smallest absolute Gasteiger partial charge is 0.230 e. The lowest BCUT2D eigenvalue weighted by Crippen LogP contribution is -2.30. The van der Waals surface area contributed by atoms with Crippen molar-refractivity contribution in [1.82, 2.24) is 4.98 Å². The lowest BCUT2D eigenvalue weighted by molar-refractivity contribution is -0.119. The molecule has 0 radical (unpaired) electrons. The van der Waals surface area contributed by atoms with Gasteiger partial charge in [0.25, 0.3) is 0 Å². The van der Waals surface area contributed by atoms with E-state index in [0.717, 1.165) is 53.6 Å². The van der Waals surface area contributed by atoms with Gasteiger partial charge < -0.3 is 10.2 Å². The Labute approximate surface area is 156 Å². The molecule has 0 atom stereocenters. The van der Waals surface area contributed by atoms with Gasteiger partial charge >= 0.3 is 0 Å². The number of hydrogen-bond donors (Lipinski definition) is 1. The number of para-hydroxylation sites is 1. The molecule has 1 aromatic heterocycles. The van der Waals surface area contributed by atoms with E-state index in [1.54, 1.807) is 11.3 Å². The summed E-state index contributed by atoms with van der Waals surface area (Å²) in [6, 6.07) is 16.4. The van der Waals surface area contributed by atoms with Crippen molar-refractivity contribution in [2.45, 2.75) is 19.3 Å². The third-order valence-electron chi connectivity index (χ3n) is 4.99. The van der Waals surface area contributed by atoms with Crippen LogP contribution < -0.4 is 10.2 Å². The number of rotatable bonds is 4. The third-order valence-corrected chi connectivity index (χ3v) is 5.75. The Hall–Kier alpha value is -2.66. The SMILES string of the molecule is O=C(C1CC1)N1CCc2cc(-c3csc(Nc4ccccc4)n3)ccc21. The normalized spacial score (nSPS) is 15.8. The minimum atomic E-state index is 0.269. The minimum absolute atomic E-state index is 0.269. The van der Waals surface area contributed by atoms with Crippen LogP contribution in [0.15, 0.2) is 53.9 Å². The van der Waals surface area contributed by atoms with Crippen molar-refractivity contribution in [2.75, 3.05) is 16.8 Å². The Morgan fingerprint density at radius 3 is 2.81 bits per heavy atom. The van der Waals surface area contributed by atoms with Gasteiger partial charge in [-0.25, -0.2) is 4.98 Å². The van der Waals surface area contributed by atoms with E-state index in [1.807, 2.05) is 35.2 Å². The maximum atomic E-state index is 12.4. The zero-order valence-electron chi connectivity index (χ0n) is 14.3. The molecule has 26 heavy (non-hydrogen) atoms. The molecule has 0 bridgehead atoms. The van der Waals surface area contributed by atoms with Gasteiger partial charge in [-0.05, 0) is 49.1 Å². The Morgan fingerprint density at radius 2 is 2.00 bits per heavy atom. The first kappa shape index (κ1) is 15.6. The number of hydrogen-bond acceptors (Lipinski definition) is 4. The van der Waals surface area contributed by atoms with Crippen LogP contribution in [0.5, 0.6) is 0 Å². The highest BCUT2D eigenvalue weighted by atomic mass is 32.1. The number of carbonyl (C=O) groups is 1. The molecule has 2 aromatic carbocycles. The molecule has 5 heteroatoms. The van der Waals surface area contributed by atoms with Gasteiger partial charge in [0.2, 0.25) is 5.91 Å². The molecule has 1 N–H and O–H groups in total. The first-order chi connectivity index (χ1) is 12.8. The molecule has 1 aliphatic carbocycles. The van der Waals surface area contributed by atoms with Crippen LogP contribution in [-0.2, 0) is 11.2 Å². The van der Waals surface area contributed by atoms with E-state index >= 15 is 0 Å². The largest absolute Gasteiger partial charge is 0.332 e. The Balaban J connectivity index is 1.37. The van der Waals surface area contributed by atoms with E-state index in [1.165, 1.54) is 5.56 Å². The second-order valence-corrected chi connectivity index (χ2v) is 7.74. The van der Waals surface area contributed by atoms with Crippen LogP contribution in [-0.4, -0.2) is 17.4 Å². The van der Waals surface area contributed by atoms with Crippen LogP contribution in [0.4, 0.5) is 16.5 Å². The van der Waals surface area contributed by atoms with E-state index in [-0.39, 0.29) is 5.92 Å². The quantitative estimate of drug-likeness (QED) is 0.722. The van der Waals surface area contributed by atoms with Crippen molar-refractivity contribution in [2.24, 2.45) is 5.92 Å². The fourth-order valence-corrected chi connectivity index (χ4v) is 4.19. The lowest BCUT2D eigenvalue weighted by Gasteiger charge is -2.17. The monoisotopic (exact) mass is 361 g/mol. The van der Waals surface area contributed by atoms with Crippen molar-refractivity contribution in [3.63, 3.8) is 0 Å². The van der Waals surface area contributed by atoms with Crippen molar-refractivity contribution in [3.8, 4) is 11.3 Å². The fourth-order valence-electron chi connectivity index (χ4n) is 3.45. The van der Waals surface area contributed by atoms with Crippen molar-refractivity contribution < 1.29 is 4.79 Å². The van der Waals surface area contributed by atoms with Crippen LogP contribution in [0.1, 0.15) is 18.4 Å². The number of fused-ring (bicyclic) bond motifs is 1. The number of anilines is 3. The molecule has 5 rings (SSSR count). The van der Waals surface area contributed by atoms with E-state index in [2.05, 4.69) is 28.9 Å². The van der Waals surface area contributed by atoms with Crippen LogP contribution in [0, 0.1) is 5.92 Å². The molecule has 0 unspecified atom stereocenters. The molecule has 0 spiro atoms. The Morgan fingerprint density at radius 1 is 1.15 bits per heavy atom. The second kappa shape index (κ2) is 6.25. The van der Waals surface area contributed by atoms with Gasteiger partial charge in [0.05, 0.1) is 5.69 Å². The number of aromatic nitrogens is 1. The Kier molecular flexibility index (Phi) is 3.75. The maximum Gasteiger partial charge on any atom is 0.230 e. The van der Waals surface area contributed by atoms with Gasteiger partial charge in [-0.15, -0.1) is 11.3 Å². The van der Waals surface area contributed by atoms with Gasteiger partial charge in [-0.1, -0.05) is 24.3 Å². The summed E-state index contributed by atoms with van der Waals surface area (Å²) < 4.78 is 0. The van der Waals surface area contributed by atoms with Crippen molar-refractivity contribution >= 4 is 33.8 Å². The molecule has 4 nitrogen and oxygen atoms in total. The summed E-state index contributed by atoms with van der Waals surface area (Å²) in [5.41, 5.74) is 5.46. The van der Waals surface area contributed by atoms with Crippen LogP contribution in [0.2, 0.25) is 0 Å². The summed E-state index contributed by atoms with van der Waals surface area (Å²) in [5.74, 6) is 0.574. The van der Waals surface area contributed by atoms with Crippen molar-refractivity contribution in [3.05, 3.63) is 59.5 Å². The molecule has 2 aliphatic rings. The maximum absolute atomic E-state index is 12.4. The molecular weight excluding hydrogens is 342 g/mol. The first-order valence-corrected chi connectivity index (χ1v) is 9.88. The molecule has 1 fully saturated rings. The average Bonchev–Trinajstić information content (AvgIpc) is 3.28. The number of amides is 1. The minimum Gasteiger partial charge on any atom is -0.332 e.